The molecule has 2 rings (SSSR count). The van der Waals surface area contributed by atoms with Crippen molar-refractivity contribution in [2.45, 2.75) is 6.04 Å². The highest BCUT2D eigenvalue weighted by atomic mass is 16.2. The molecule has 0 saturated carbocycles. The highest BCUT2D eigenvalue weighted by Crippen LogP contribution is 2.12. The lowest BCUT2D eigenvalue weighted by atomic mass is 10.1. The third kappa shape index (κ3) is 2.73. The summed E-state index contributed by atoms with van der Waals surface area (Å²) in [7, 11) is 1.62. The summed E-state index contributed by atoms with van der Waals surface area (Å²) in [4.78, 5) is 37.0. The molecule has 1 aliphatic heterocycles. The summed E-state index contributed by atoms with van der Waals surface area (Å²) in [5.41, 5.74) is 0.630. The number of rotatable bonds is 3. The third-order valence-electron chi connectivity index (χ3n) is 2.98. The van der Waals surface area contributed by atoms with Crippen LogP contribution >= 0.6 is 0 Å². The predicted molar refractivity (Wildman–Crippen MR) is 68.1 cm³/mol. The molecule has 1 aromatic carbocycles. The van der Waals surface area contributed by atoms with E-state index in [-0.39, 0.29) is 6.03 Å². The average Bonchev–Trinajstić information content (AvgIpc) is 2.77. The van der Waals surface area contributed by atoms with Crippen molar-refractivity contribution in [2.75, 3.05) is 20.1 Å². The number of nitrogens with zero attached hydrogens (tertiary/aromatic N) is 2. The van der Waals surface area contributed by atoms with Gasteiger partial charge >= 0.3 is 12.1 Å². The van der Waals surface area contributed by atoms with E-state index in [0.717, 1.165) is 4.90 Å². The van der Waals surface area contributed by atoms with Crippen LogP contribution in [-0.2, 0) is 4.79 Å². The molecule has 6 heteroatoms. The molecule has 1 N–H and O–H groups in total. The zero-order valence-corrected chi connectivity index (χ0v) is 10.5. The number of amides is 4. The van der Waals surface area contributed by atoms with Crippen molar-refractivity contribution >= 4 is 18.3 Å². The number of benzene rings is 1. The van der Waals surface area contributed by atoms with Gasteiger partial charge in [-0.1, -0.05) is 30.3 Å². The molecule has 4 amide bonds. The van der Waals surface area contributed by atoms with Crippen LogP contribution < -0.4 is 5.32 Å². The van der Waals surface area contributed by atoms with Gasteiger partial charge in [0.2, 0.25) is 6.29 Å². The molecule has 0 bridgehead atoms. The standard InChI is InChI=1S/C13H14N3O3/c1-15-7-8-16(13(15)19)12(18)14-11(9-17)10-5-3-2-4-6-10/h2-6,11H,7-8H2,1H3,(H,14,18). The minimum atomic E-state index is -0.868. The summed E-state index contributed by atoms with van der Waals surface area (Å²) < 4.78 is 0. The first-order chi connectivity index (χ1) is 9.13. The van der Waals surface area contributed by atoms with Gasteiger partial charge in [0, 0.05) is 20.1 Å². The molecule has 6 nitrogen and oxygen atoms in total. The minimum Gasteiger partial charge on any atom is -0.326 e. The second-order valence-electron chi connectivity index (χ2n) is 4.27. The van der Waals surface area contributed by atoms with Crippen LogP contribution in [0, 0.1) is 0 Å². The fourth-order valence-corrected chi connectivity index (χ4v) is 1.86. The van der Waals surface area contributed by atoms with Crippen LogP contribution in [0.5, 0.6) is 0 Å². The molecule has 0 aromatic heterocycles. The summed E-state index contributed by atoms with van der Waals surface area (Å²) in [6, 6.07) is 6.96. The van der Waals surface area contributed by atoms with E-state index in [1.807, 2.05) is 6.07 Å². The first kappa shape index (κ1) is 13.1. The minimum absolute atomic E-state index is 0.321. The number of nitrogens with one attached hydrogen (secondary N) is 1. The van der Waals surface area contributed by atoms with Crippen LogP contribution in [-0.4, -0.2) is 48.3 Å². The first-order valence-electron chi connectivity index (χ1n) is 5.89. The van der Waals surface area contributed by atoms with Crippen LogP contribution in [0.1, 0.15) is 11.6 Å². The van der Waals surface area contributed by atoms with Crippen molar-refractivity contribution in [3.63, 3.8) is 0 Å². The van der Waals surface area contributed by atoms with E-state index in [2.05, 4.69) is 5.32 Å². The molecule has 99 valence electrons. The lowest BCUT2D eigenvalue weighted by molar-refractivity contribution is 0.188. The van der Waals surface area contributed by atoms with E-state index in [1.54, 1.807) is 37.6 Å². The molecule has 1 saturated heterocycles. The number of urea groups is 2. The van der Waals surface area contributed by atoms with Gasteiger partial charge in [-0.3, -0.25) is 4.79 Å². The second kappa shape index (κ2) is 5.51. The maximum atomic E-state index is 11.9. The largest absolute Gasteiger partial charge is 0.328 e. The first-order valence-corrected chi connectivity index (χ1v) is 5.89. The number of hydrogen-bond donors (Lipinski definition) is 1. The van der Waals surface area contributed by atoms with E-state index < -0.39 is 12.1 Å². The van der Waals surface area contributed by atoms with Crippen molar-refractivity contribution in [3.05, 3.63) is 35.9 Å². The van der Waals surface area contributed by atoms with Crippen molar-refractivity contribution in [1.82, 2.24) is 15.1 Å². The third-order valence-corrected chi connectivity index (χ3v) is 2.98. The van der Waals surface area contributed by atoms with Gasteiger partial charge in [-0.05, 0) is 5.56 Å². The Kier molecular flexibility index (Phi) is 3.79. The highest BCUT2D eigenvalue weighted by Gasteiger charge is 2.31. The summed E-state index contributed by atoms with van der Waals surface area (Å²) in [6.07, 6.45) is 1.77. The Labute approximate surface area is 111 Å². The van der Waals surface area contributed by atoms with Crippen LogP contribution in [0.2, 0.25) is 0 Å². The van der Waals surface area contributed by atoms with Crippen LogP contribution in [0.4, 0.5) is 9.59 Å². The van der Waals surface area contributed by atoms with Crippen molar-refractivity contribution in [2.24, 2.45) is 0 Å². The quantitative estimate of drug-likeness (QED) is 0.878. The molecule has 1 fully saturated rings. The summed E-state index contributed by atoms with van der Waals surface area (Å²) >= 11 is 0. The Bertz CT molecular complexity index is 489. The molecule has 1 unspecified atom stereocenters. The lowest BCUT2D eigenvalue weighted by Crippen LogP contribution is -2.43. The lowest BCUT2D eigenvalue weighted by Gasteiger charge is -2.18. The predicted octanol–water partition coefficient (Wildman–Crippen LogP) is 0.914. The fourth-order valence-electron chi connectivity index (χ4n) is 1.86. The molecular formula is C13H14N3O3. The van der Waals surface area contributed by atoms with E-state index in [0.29, 0.717) is 18.7 Å². The summed E-state index contributed by atoms with van der Waals surface area (Å²) in [6.45, 7) is 0.814. The number of carbonyl (C=O) groups is 2. The van der Waals surface area contributed by atoms with E-state index >= 15 is 0 Å². The molecule has 1 radical (unpaired) electrons. The van der Waals surface area contributed by atoms with Crippen LogP contribution in [0.15, 0.2) is 30.3 Å². The Morgan fingerprint density at radius 1 is 1.32 bits per heavy atom. The fraction of sp³-hybridized carbons (Fsp3) is 0.308. The SMILES string of the molecule is CN1CCN(C(=O)NC([C]=O)c2ccccc2)C1=O. The normalized spacial score (nSPS) is 16.4. The molecule has 0 spiro atoms. The van der Waals surface area contributed by atoms with Gasteiger partial charge in [0.25, 0.3) is 0 Å². The molecular weight excluding hydrogens is 246 g/mol. The number of hydrogen-bond acceptors (Lipinski definition) is 3. The molecule has 1 aromatic rings. The monoisotopic (exact) mass is 260 g/mol. The Hall–Kier alpha value is -2.37. The Morgan fingerprint density at radius 3 is 2.53 bits per heavy atom. The molecule has 1 aliphatic rings. The molecule has 19 heavy (non-hydrogen) atoms. The number of imide groups is 1. The van der Waals surface area contributed by atoms with E-state index in [4.69, 9.17) is 0 Å². The van der Waals surface area contributed by atoms with Crippen molar-refractivity contribution < 1.29 is 14.4 Å². The Morgan fingerprint density at radius 2 is 2.00 bits per heavy atom. The smallest absolute Gasteiger partial charge is 0.326 e. The highest BCUT2D eigenvalue weighted by molar-refractivity contribution is 5.95. The molecule has 1 atom stereocenters. The van der Waals surface area contributed by atoms with Gasteiger partial charge < -0.3 is 10.2 Å². The maximum absolute atomic E-state index is 11.9. The summed E-state index contributed by atoms with van der Waals surface area (Å²) in [5, 5.41) is 2.49. The maximum Gasteiger partial charge on any atom is 0.328 e. The zero-order valence-electron chi connectivity index (χ0n) is 10.5. The van der Waals surface area contributed by atoms with Gasteiger partial charge in [-0.25, -0.2) is 14.5 Å². The van der Waals surface area contributed by atoms with E-state index in [1.165, 1.54) is 4.90 Å². The topological polar surface area (TPSA) is 69.7 Å². The average molecular weight is 260 g/mol. The summed E-state index contributed by atoms with van der Waals surface area (Å²) in [5.74, 6) is 0. The second-order valence-corrected chi connectivity index (χ2v) is 4.27. The van der Waals surface area contributed by atoms with E-state index in [9.17, 15) is 14.4 Å². The Balaban J connectivity index is 2.05. The number of carbonyl (C=O) groups excluding carboxylic acids is 3. The molecule has 0 aliphatic carbocycles. The van der Waals surface area contributed by atoms with Crippen molar-refractivity contribution in [3.8, 4) is 0 Å². The number of likely N-dealkylation sites (N-methyl/N-ethyl adjacent to an activating group) is 1. The van der Waals surface area contributed by atoms with Crippen molar-refractivity contribution in [1.29, 1.82) is 0 Å². The van der Waals surface area contributed by atoms with Gasteiger partial charge in [0.15, 0.2) is 0 Å². The van der Waals surface area contributed by atoms with Crippen LogP contribution in [0.25, 0.3) is 0 Å². The molecule has 1 heterocycles. The van der Waals surface area contributed by atoms with Crippen LogP contribution in [0.3, 0.4) is 0 Å². The van der Waals surface area contributed by atoms with Gasteiger partial charge in [-0.15, -0.1) is 0 Å². The van der Waals surface area contributed by atoms with Gasteiger partial charge in [-0.2, -0.15) is 0 Å². The van der Waals surface area contributed by atoms with Gasteiger partial charge in [0.1, 0.15) is 6.04 Å². The zero-order chi connectivity index (χ0) is 13.8. The van der Waals surface area contributed by atoms with Gasteiger partial charge in [0.05, 0.1) is 0 Å².